The lowest BCUT2D eigenvalue weighted by Gasteiger charge is -2.17. The van der Waals surface area contributed by atoms with Gasteiger partial charge in [0.1, 0.15) is 0 Å². The van der Waals surface area contributed by atoms with Crippen molar-refractivity contribution >= 4 is 34.8 Å². The van der Waals surface area contributed by atoms with E-state index in [1.54, 1.807) is 49.8 Å². The quantitative estimate of drug-likeness (QED) is 0.841. The molecule has 0 saturated carbocycles. The number of amides is 1. The van der Waals surface area contributed by atoms with Crippen LogP contribution in [0, 0.1) is 0 Å². The Balaban J connectivity index is 2.32. The van der Waals surface area contributed by atoms with E-state index < -0.39 is 0 Å². The van der Waals surface area contributed by atoms with E-state index in [4.69, 9.17) is 23.2 Å². The number of carbonyl (C=O) groups excluding carboxylic acids is 1. The Labute approximate surface area is 115 Å². The molecule has 0 radical (unpaired) electrons. The molecule has 1 aromatic heterocycles. The van der Waals surface area contributed by atoms with E-state index in [9.17, 15) is 4.79 Å². The molecule has 0 saturated heterocycles. The third-order valence-corrected chi connectivity index (χ3v) is 3.05. The number of anilines is 1. The number of pyridine rings is 1. The van der Waals surface area contributed by atoms with Crippen LogP contribution in [-0.4, -0.2) is 17.9 Å². The van der Waals surface area contributed by atoms with Gasteiger partial charge < -0.3 is 4.90 Å². The second kappa shape index (κ2) is 5.38. The van der Waals surface area contributed by atoms with E-state index in [1.165, 1.54) is 4.90 Å². The molecule has 18 heavy (non-hydrogen) atoms. The van der Waals surface area contributed by atoms with Crippen LogP contribution in [0.1, 0.15) is 10.4 Å². The highest BCUT2D eigenvalue weighted by molar-refractivity contribution is 6.37. The van der Waals surface area contributed by atoms with Gasteiger partial charge in [-0.3, -0.25) is 9.78 Å². The third kappa shape index (κ3) is 2.63. The molecule has 1 aromatic carbocycles. The number of rotatable bonds is 2. The maximum atomic E-state index is 12.2. The van der Waals surface area contributed by atoms with Crippen molar-refractivity contribution in [1.29, 1.82) is 0 Å². The lowest BCUT2D eigenvalue weighted by atomic mass is 10.2. The molecule has 0 spiro atoms. The molecular formula is C13H10Cl2N2O. The molecule has 5 heteroatoms. The van der Waals surface area contributed by atoms with Crippen LogP contribution in [0.5, 0.6) is 0 Å². The highest BCUT2D eigenvalue weighted by Gasteiger charge is 2.16. The molecule has 0 aliphatic carbocycles. The van der Waals surface area contributed by atoms with Crippen LogP contribution in [0.15, 0.2) is 42.7 Å². The van der Waals surface area contributed by atoms with Gasteiger partial charge in [0.15, 0.2) is 0 Å². The second-order valence-corrected chi connectivity index (χ2v) is 4.54. The standard InChI is InChI=1S/C13H10Cl2N2O/c1-17(10-3-2-6-16-8-10)13(18)11-5-4-9(14)7-12(11)15/h2-8H,1H3. The van der Waals surface area contributed by atoms with Crippen LogP contribution < -0.4 is 4.90 Å². The Morgan fingerprint density at radius 2 is 2.06 bits per heavy atom. The fraction of sp³-hybridized carbons (Fsp3) is 0.0769. The van der Waals surface area contributed by atoms with Gasteiger partial charge in [-0.15, -0.1) is 0 Å². The minimum Gasteiger partial charge on any atom is -0.310 e. The van der Waals surface area contributed by atoms with E-state index in [0.29, 0.717) is 21.3 Å². The number of benzene rings is 1. The number of hydrogen-bond donors (Lipinski definition) is 0. The summed E-state index contributed by atoms with van der Waals surface area (Å²) in [7, 11) is 1.67. The molecule has 3 nitrogen and oxygen atoms in total. The van der Waals surface area contributed by atoms with Gasteiger partial charge in [-0.05, 0) is 30.3 Å². The van der Waals surface area contributed by atoms with Gasteiger partial charge in [0.25, 0.3) is 5.91 Å². The molecule has 0 unspecified atom stereocenters. The Hall–Kier alpha value is -1.58. The van der Waals surface area contributed by atoms with Crippen LogP contribution in [0.25, 0.3) is 0 Å². The first-order valence-corrected chi connectivity index (χ1v) is 5.98. The molecule has 0 atom stereocenters. The Kier molecular flexibility index (Phi) is 3.84. The molecule has 2 rings (SSSR count). The molecular weight excluding hydrogens is 271 g/mol. The van der Waals surface area contributed by atoms with Crippen molar-refractivity contribution in [3.05, 3.63) is 58.3 Å². The summed E-state index contributed by atoms with van der Waals surface area (Å²) in [6.07, 6.45) is 3.26. The molecule has 1 amide bonds. The highest BCUT2D eigenvalue weighted by Crippen LogP contribution is 2.23. The Morgan fingerprint density at radius 3 is 2.67 bits per heavy atom. The average Bonchev–Trinajstić information content (AvgIpc) is 2.38. The highest BCUT2D eigenvalue weighted by atomic mass is 35.5. The van der Waals surface area contributed by atoms with Crippen molar-refractivity contribution in [3.63, 3.8) is 0 Å². The van der Waals surface area contributed by atoms with E-state index in [-0.39, 0.29) is 5.91 Å². The van der Waals surface area contributed by atoms with E-state index in [2.05, 4.69) is 4.98 Å². The van der Waals surface area contributed by atoms with E-state index >= 15 is 0 Å². The molecule has 0 aliphatic heterocycles. The summed E-state index contributed by atoms with van der Waals surface area (Å²) in [5.41, 5.74) is 1.11. The largest absolute Gasteiger partial charge is 0.310 e. The van der Waals surface area contributed by atoms with Crippen molar-refractivity contribution in [2.24, 2.45) is 0 Å². The fourth-order valence-electron chi connectivity index (χ4n) is 1.51. The first kappa shape index (κ1) is 12.9. The maximum Gasteiger partial charge on any atom is 0.259 e. The molecule has 0 N–H and O–H groups in total. The number of aromatic nitrogens is 1. The third-order valence-electron chi connectivity index (χ3n) is 2.50. The topological polar surface area (TPSA) is 33.2 Å². The van der Waals surface area contributed by atoms with Gasteiger partial charge in [-0.25, -0.2) is 0 Å². The number of halogens is 2. The zero-order valence-corrected chi connectivity index (χ0v) is 11.1. The molecule has 92 valence electrons. The van der Waals surface area contributed by atoms with Gasteiger partial charge in [-0.2, -0.15) is 0 Å². The molecule has 0 fully saturated rings. The van der Waals surface area contributed by atoms with Crippen molar-refractivity contribution < 1.29 is 4.79 Å². The monoisotopic (exact) mass is 280 g/mol. The van der Waals surface area contributed by atoms with E-state index in [1.807, 2.05) is 0 Å². The molecule has 0 aliphatic rings. The SMILES string of the molecule is CN(C(=O)c1ccc(Cl)cc1Cl)c1cccnc1. The lowest BCUT2D eigenvalue weighted by Crippen LogP contribution is -2.26. The summed E-state index contributed by atoms with van der Waals surface area (Å²) >= 11 is 11.8. The van der Waals surface area contributed by atoms with Crippen molar-refractivity contribution in [2.45, 2.75) is 0 Å². The lowest BCUT2D eigenvalue weighted by molar-refractivity contribution is 0.0993. The van der Waals surface area contributed by atoms with Crippen LogP contribution in [0.3, 0.4) is 0 Å². The minimum absolute atomic E-state index is 0.204. The van der Waals surface area contributed by atoms with Gasteiger partial charge in [-0.1, -0.05) is 23.2 Å². The zero-order valence-electron chi connectivity index (χ0n) is 9.60. The Bertz CT molecular complexity index is 572. The summed E-state index contributed by atoms with van der Waals surface area (Å²) in [6.45, 7) is 0. The van der Waals surface area contributed by atoms with Crippen molar-refractivity contribution in [3.8, 4) is 0 Å². The predicted molar refractivity (Wildman–Crippen MR) is 73.4 cm³/mol. The van der Waals surface area contributed by atoms with Crippen LogP contribution in [0.2, 0.25) is 10.0 Å². The minimum atomic E-state index is -0.204. The van der Waals surface area contributed by atoms with Crippen LogP contribution >= 0.6 is 23.2 Å². The fourth-order valence-corrected chi connectivity index (χ4v) is 2.00. The van der Waals surface area contributed by atoms with E-state index in [0.717, 1.165) is 0 Å². The second-order valence-electron chi connectivity index (χ2n) is 3.70. The van der Waals surface area contributed by atoms with Gasteiger partial charge in [0, 0.05) is 18.3 Å². The summed E-state index contributed by atoms with van der Waals surface area (Å²) in [5, 5.41) is 0.837. The maximum absolute atomic E-state index is 12.2. The summed E-state index contributed by atoms with van der Waals surface area (Å²) in [5.74, 6) is -0.204. The zero-order chi connectivity index (χ0) is 13.1. The molecule has 1 heterocycles. The average molecular weight is 281 g/mol. The smallest absolute Gasteiger partial charge is 0.259 e. The molecule has 2 aromatic rings. The predicted octanol–water partition coefficient (Wildman–Crippen LogP) is 3.67. The first-order chi connectivity index (χ1) is 8.59. The van der Waals surface area contributed by atoms with Crippen molar-refractivity contribution in [1.82, 2.24) is 4.98 Å². The van der Waals surface area contributed by atoms with Gasteiger partial charge >= 0.3 is 0 Å². The normalized spacial score (nSPS) is 10.2. The van der Waals surface area contributed by atoms with Gasteiger partial charge in [0.2, 0.25) is 0 Å². The Morgan fingerprint density at radius 1 is 1.28 bits per heavy atom. The molecule has 0 bridgehead atoms. The number of hydrogen-bond acceptors (Lipinski definition) is 2. The van der Waals surface area contributed by atoms with Crippen LogP contribution in [0.4, 0.5) is 5.69 Å². The first-order valence-electron chi connectivity index (χ1n) is 5.22. The van der Waals surface area contributed by atoms with Crippen LogP contribution in [-0.2, 0) is 0 Å². The van der Waals surface area contributed by atoms with Gasteiger partial charge in [0.05, 0.1) is 22.5 Å². The summed E-state index contributed by atoms with van der Waals surface area (Å²) in [4.78, 5) is 17.7. The number of carbonyl (C=O) groups is 1. The summed E-state index contributed by atoms with van der Waals surface area (Å²) in [6, 6.07) is 8.36. The number of nitrogens with zero attached hydrogens (tertiary/aromatic N) is 2. The van der Waals surface area contributed by atoms with Crippen molar-refractivity contribution in [2.75, 3.05) is 11.9 Å². The summed E-state index contributed by atoms with van der Waals surface area (Å²) < 4.78 is 0.